The Morgan fingerprint density at radius 2 is 1.91 bits per heavy atom. The average molecular weight is 338 g/mol. The van der Waals surface area contributed by atoms with Crippen LogP contribution in [0.3, 0.4) is 0 Å². The van der Waals surface area contributed by atoms with Crippen LogP contribution in [0.25, 0.3) is 0 Å². The van der Waals surface area contributed by atoms with E-state index in [0.717, 1.165) is 18.4 Å². The minimum absolute atomic E-state index is 0.242. The minimum atomic E-state index is -0.869. The fourth-order valence-corrected chi connectivity index (χ4v) is 4.14. The second-order valence-corrected chi connectivity index (χ2v) is 8.52. The molecule has 2 heterocycles. The van der Waals surface area contributed by atoms with Crippen LogP contribution in [0.15, 0.2) is 24.5 Å². The molecule has 1 aliphatic rings. The Kier molecular flexibility index (Phi) is 6.16. The monoisotopic (exact) mass is 338 g/mol. The van der Waals surface area contributed by atoms with Gasteiger partial charge in [0.05, 0.1) is 0 Å². The zero-order valence-corrected chi connectivity index (χ0v) is 15.0. The molecule has 23 heavy (non-hydrogen) atoms. The summed E-state index contributed by atoms with van der Waals surface area (Å²) in [6.07, 6.45) is 4.99. The standard InChI is InChI=1S/C17H26N2O3S/c1-17(2,3)22-16(20)19-10-6-15(7-11-19)13-23(21)12-14-4-8-18-9-5-14/h4-5,8-9,15H,6-7,10-13H2,1-3H3/t23-/m1/s1. The van der Waals surface area contributed by atoms with Crippen molar-refractivity contribution in [3.05, 3.63) is 30.1 Å². The number of nitrogens with zero attached hydrogens (tertiary/aromatic N) is 2. The van der Waals surface area contributed by atoms with E-state index in [1.165, 1.54) is 0 Å². The Balaban J connectivity index is 1.74. The van der Waals surface area contributed by atoms with E-state index >= 15 is 0 Å². The van der Waals surface area contributed by atoms with Crippen molar-refractivity contribution < 1.29 is 13.7 Å². The molecule has 1 saturated heterocycles. The van der Waals surface area contributed by atoms with Crippen molar-refractivity contribution in [2.45, 2.75) is 45.0 Å². The van der Waals surface area contributed by atoms with E-state index in [2.05, 4.69) is 4.98 Å². The normalized spacial score (nSPS) is 17.8. The highest BCUT2D eigenvalue weighted by atomic mass is 32.2. The van der Waals surface area contributed by atoms with Crippen LogP contribution >= 0.6 is 0 Å². The third kappa shape index (κ3) is 6.29. The largest absolute Gasteiger partial charge is 0.444 e. The molecule has 0 saturated carbocycles. The number of carbonyl (C=O) groups is 1. The molecule has 1 fully saturated rings. The van der Waals surface area contributed by atoms with Gasteiger partial charge >= 0.3 is 6.09 Å². The molecular weight excluding hydrogens is 312 g/mol. The van der Waals surface area contributed by atoms with Gasteiger partial charge in [-0.2, -0.15) is 0 Å². The summed E-state index contributed by atoms with van der Waals surface area (Å²) in [6.45, 7) is 7.00. The molecule has 6 heteroatoms. The van der Waals surface area contributed by atoms with Gasteiger partial charge in [0, 0.05) is 47.8 Å². The molecule has 2 rings (SSSR count). The SMILES string of the molecule is CC(C)(C)OC(=O)N1CCC(C[S@](=O)Cc2ccncc2)CC1. The van der Waals surface area contributed by atoms with Crippen LogP contribution in [-0.4, -0.2) is 44.6 Å². The number of amides is 1. The van der Waals surface area contributed by atoms with E-state index in [0.29, 0.717) is 30.5 Å². The molecule has 0 aromatic carbocycles. The number of carbonyl (C=O) groups excluding carboxylic acids is 1. The molecule has 0 radical (unpaired) electrons. The van der Waals surface area contributed by atoms with E-state index in [1.54, 1.807) is 17.3 Å². The van der Waals surface area contributed by atoms with Gasteiger partial charge in [-0.05, 0) is 57.2 Å². The molecule has 1 aliphatic heterocycles. The van der Waals surface area contributed by atoms with E-state index in [-0.39, 0.29) is 6.09 Å². The number of ether oxygens (including phenoxy) is 1. The van der Waals surface area contributed by atoms with E-state index in [9.17, 15) is 9.00 Å². The lowest BCUT2D eigenvalue weighted by atomic mass is 9.99. The summed E-state index contributed by atoms with van der Waals surface area (Å²) in [5, 5.41) is 0. The van der Waals surface area contributed by atoms with Crippen molar-refractivity contribution in [2.75, 3.05) is 18.8 Å². The number of likely N-dealkylation sites (tertiary alicyclic amines) is 1. The van der Waals surface area contributed by atoms with Gasteiger partial charge in [-0.3, -0.25) is 9.19 Å². The summed E-state index contributed by atoms with van der Waals surface area (Å²) < 4.78 is 17.7. The van der Waals surface area contributed by atoms with Crippen molar-refractivity contribution in [3.8, 4) is 0 Å². The topological polar surface area (TPSA) is 59.5 Å². The van der Waals surface area contributed by atoms with Crippen LogP contribution in [0.1, 0.15) is 39.2 Å². The summed E-state index contributed by atoms with van der Waals surface area (Å²) in [6, 6.07) is 3.81. The number of rotatable bonds is 4. The predicted molar refractivity (Wildman–Crippen MR) is 91.5 cm³/mol. The highest BCUT2D eigenvalue weighted by Crippen LogP contribution is 2.21. The number of aromatic nitrogens is 1. The maximum absolute atomic E-state index is 12.3. The lowest BCUT2D eigenvalue weighted by molar-refractivity contribution is 0.0191. The maximum atomic E-state index is 12.3. The zero-order valence-electron chi connectivity index (χ0n) is 14.2. The van der Waals surface area contributed by atoms with Crippen molar-refractivity contribution >= 4 is 16.9 Å². The molecule has 0 bridgehead atoms. The number of pyridine rings is 1. The van der Waals surface area contributed by atoms with Gasteiger partial charge in [0.25, 0.3) is 0 Å². The zero-order chi connectivity index (χ0) is 16.9. The van der Waals surface area contributed by atoms with Gasteiger partial charge in [0.2, 0.25) is 0 Å². The Hall–Kier alpha value is -1.43. The summed E-state index contributed by atoms with van der Waals surface area (Å²) in [4.78, 5) is 17.7. The van der Waals surface area contributed by atoms with Crippen LogP contribution in [-0.2, 0) is 21.3 Å². The lowest BCUT2D eigenvalue weighted by Crippen LogP contribution is -2.42. The molecule has 128 valence electrons. The quantitative estimate of drug-likeness (QED) is 0.847. The molecule has 1 amide bonds. The second kappa shape index (κ2) is 7.90. The van der Waals surface area contributed by atoms with Crippen molar-refractivity contribution in [2.24, 2.45) is 5.92 Å². The molecule has 0 spiro atoms. The summed E-state index contributed by atoms with van der Waals surface area (Å²) in [5.74, 6) is 1.69. The molecule has 1 aromatic heterocycles. The molecule has 1 aromatic rings. The van der Waals surface area contributed by atoms with E-state index < -0.39 is 16.4 Å². The number of hydrogen-bond donors (Lipinski definition) is 0. The Morgan fingerprint density at radius 3 is 2.48 bits per heavy atom. The number of hydrogen-bond acceptors (Lipinski definition) is 4. The van der Waals surface area contributed by atoms with Gasteiger partial charge in [0.15, 0.2) is 0 Å². The first-order valence-electron chi connectivity index (χ1n) is 8.05. The average Bonchev–Trinajstić information content (AvgIpc) is 2.47. The van der Waals surface area contributed by atoms with Crippen LogP contribution in [0.4, 0.5) is 4.79 Å². The molecule has 0 unspecified atom stereocenters. The van der Waals surface area contributed by atoms with Crippen molar-refractivity contribution in [3.63, 3.8) is 0 Å². The first kappa shape index (κ1) is 17.9. The smallest absolute Gasteiger partial charge is 0.410 e. The summed E-state index contributed by atoms with van der Waals surface area (Å²) in [5.41, 5.74) is 0.601. The maximum Gasteiger partial charge on any atom is 0.410 e. The van der Waals surface area contributed by atoms with Gasteiger partial charge in [-0.15, -0.1) is 0 Å². The Bertz CT molecular complexity index is 535. The molecule has 0 N–H and O–H groups in total. The molecule has 1 atom stereocenters. The van der Waals surface area contributed by atoms with Gasteiger partial charge in [-0.25, -0.2) is 4.79 Å². The predicted octanol–water partition coefficient (Wildman–Crippen LogP) is 2.98. The fourth-order valence-electron chi connectivity index (χ4n) is 2.60. The van der Waals surface area contributed by atoms with Crippen LogP contribution in [0.5, 0.6) is 0 Å². The van der Waals surface area contributed by atoms with Crippen molar-refractivity contribution in [1.82, 2.24) is 9.88 Å². The summed E-state index contributed by atoms with van der Waals surface area (Å²) >= 11 is 0. The summed E-state index contributed by atoms with van der Waals surface area (Å²) in [7, 11) is -0.869. The van der Waals surface area contributed by atoms with E-state index in [4.69, 9.17) is 4.74 Å². The van der Waals surface area contributed by atoms with Crippen LogP contribution < -0.4 is 0 Å². The number of piperidine rings is 1. The van der Waals surface area contributed by atoms with Crippen molar-refractivity contribution in [1.29, 1.82) is 0 Å². The fraction of sp³-hybridized carbons (Fsp3) is 0.647. The first-order valence-corrected chi connectivity index (χ1v) is 9.54. The molecule has 5 nitrogen and oxygen atoms in total. The Morgan fingerprint density at radius 1 is 1.30 bits per heavy atom. The highest BCUT2D eigenvalue weighted by Gasteiger charge is 2.27. The van der Waals surface area contributed by atoms with Crippen LogP contribution in [0, 0.1) is 5.92 Å². The van der Waals surface area contributed by atoms with Gasteiger partial charge < -0.3 is 9.64 Å². The molecular formula is C17H26N2O3S. The first-order chi connectivity index (χ1) is 10.8. The minimum Gasteiger partial charge on any atom is -0.444 e. The van der Waals surface area contributed by atoms with Gasteiger partial charge in [-0.1, -0.05) is 0 Å². The second-order valence-electron chi connectivity index (χ2n) is 7.02. The lowest BCUT2D eigenvalue weighted by Gasteiger charge is -2.33. The third-order valence-corrected chi connectivity index (χ3v) is 5.26. The van der Waals surface area contributed by atoms with Crippen LogP contribution in [0.2, 0.25) is 0 Å². The highest BCUT2D eigenvalue weighted by molar-refractivity contribution is 7.84. The third-order valence-electron chi connectivity index (χ3n) is 3.76. The Labute approximate surface area is 140 Å². The van der Waals surface area contributed by atoms with E-state index in [1.807, 2.05) is 32.9 Å². The van der Waals surface area contributed by atoms with Gasteiger partial charge in [0.1, 0.15) is 5.60 Å². The molecule has 0 aliphatic carbocycles.